The first kappa shape index (κ1) is 26.7. The molecule has 0 aromatic heterocycles. The van der Waals surface area contributed by atoms with Gasteiger partial charge in [0, 0.05) is 5.41 Å². The minimum Gasteiger partial charge on any atom is -0.491 e. The summed E-state index contributed by atoms with van der Waals surface area (Å²) in [6.07, 6.45) is 1.30. The molecule has 0 amide bonds. The highest BCUT2D eigenvalue weighted by Crippen LogP contribution is 2.41. The van der Waals surface area contributed by atoms with E-state index in [4.69, 9.17) is 15.4 Å². The van der Waals surface area contributed by atoms with Crippen LogP contribution in [0.25, 0.3) is 0 Å². The average molecular weight is 458 g/mol. The first-order valence-electron chi connectivity index (χ1n) is 11.5. The molecule has 0 spiro atoms. The van der Waals surface area contributed by atoms with Crippen molar-refractivity contribution in [3.05, 3.63) is 58.7 Å². The zero-order valence-electron chi connectivity index (χ0n) is 21.0. The van der Waals surface area contributed by atoms with Crippen LogP contribution in [0.1, 0.15) is 69.7 Å². The van der Waals surface area contributed by atoms with Gasteiger partial charge in [-0.05, 0) is 66.5 Å². The lowest BCUT2D eigenvalue weighted by atomic mass is 9.70. The maximum atomic E-state index is 11.3. The van der Waals surface area contributed by atoms with E-state index in [0.717, 1.165) is 29.7 Å². The molecule has 0 aliphatic heterocycles. The quantitative estimate of drug-likeness (QED) is 0.489. The van der Waals surface area contributed by atoms with Crippen molar-refractivity contribution in [2.24, 2.45) is 11.3 Å². The fraction of sp³-hybridized carbons (Fsp3) is 0.519. The molecule has 1 atom stereocenters. The zero-order valence-corrected chi connectivity index (χ0v) is 21.0. The lowest BCUT2D eigenvalue weighted by molar-refractivity contribution is -0.146. The van der Waals surface area contributed by atoms with Gasteiger partial charge in [0.25, 0.3) is 0 Å². The van der Waals surface area contributed by atoms with Crippen LogP contribution in [0.3, 0.4) is 0 Å². The molecule has 0 saturated heterocycles. The van der Waals surface area contributed by atoms with Gasteiger partial charge in [0.05, 0.1) is 6.10 Å². The normalized spacial score (nSPS) is 12.9. The van der Waals surface area contributed by atoms with Crippen molar-refractivity contribution in [3.8, 4) is 11.5 Å². The van der Waals surface area contributed by atoms with Crippen molar-refractivity contribution in [3.63, 3.8) is 0 Å². The molecule has 2 aromatic rings. The van der Waals surface area contributed by atoms with Crippen LogP contribution in [0.15, 0.2) is 36.4 Å². The van der Waals surface area contributed by atoms with Gasteiger partial charge < -0.3 is 19.4 Å². The molecule has 0 bridgehead atoms. The third-order valence-corrected chi connectivity index (χ3v) is 6.54. The van der Waals surface area contributed by atoms with Crippen molar-refractivity contribution in [1.29, 1.82) is 0 Å². The molecule has 0 unspecified atom stereocenters. The Bertz CT molecular complexity index is 944. The average Bonchev–Trinajstić information content (AvgIpc) is 2.78. The summed E-state index contributed by atoms with van der Waals surface area (Å²) in [6, 6.07) is 12.4. The molecule has 2 rings (SSSR count). The van der Waals surface area contributed by atoms with E-state index >= 15 is 0 Å². The van der Waals surface area contributed by atoms with Gasteiger partial charge in [0.15, 0.2) is 6.61 Å². The number of benzene rings is 2. The van der Waals surface area contributed by atoms with E-state index in [1.807, 2.05) is 46.8 Å². The maximum Gasteiger partial charge on any atom is 0.362 e. The Hall–Kier alpha value is -2.57. The van der Waals surface area contributed by atoms with E-state index in [-0.39, 0.29) is 24.0 Å². The topological polar surface area (TPSA) is 91.0 Å². The van der Waals surface area contributed by atoms with Crippen LogP contribution in [0.2, 0.25) is 0 Å². The molecule has 0 heterocycles. The number of aliphatic hydroxyl groups excluding tert-OH is 1. The van der Waals surface area contributed by atoms with Gasteiger partial charge in [-0.25, -0.2) is 4.79 Å². The van der Waals surface area contributed by atoms with Gasteiger partial charge >= 0.3 is 5.97 Å². The highest BCUT2D eigenvalue weighted by Gasteiger charge is 2.32. The minimum atomic E-state index is -0.622. The largest absolute Gasteiger partial charge is 0.491 e. The smallest absolute Gasteiger partial charge is 0.362 e. The number of aryl methyl sites for hydroxylation is 2. The van der Waals surface area contributed by atoms with Gasteiger partial charge in [0.2, 0.25) is 0 Å². The summed E-state index contributed by atoms with van der Waals surface area (Å²) in [5, 5.41) is 10.3. The van der Waals surface area contributed by atoms with Crippen molar-refractivity contribution >= 4 is 5.97 Å². The summed E-state index contributed by atoms with van der Waals surface area (Å²) in [5.74, 6) is 5.67. The number of hydrogen-bond donors (Lipinski definition) is 2. The van der Waals surface area contributed by atoms with Crippen molar-refractivity contribution in [1.82, 2.24) is 0 Å². The highest BCUT2D eigenvalue weighted by atomic mass is 16.7. The molecule has 0 fully saturated rings. The predicted molar refractivity (Wildman–Crippen MR) is 130 cm³/mol. The second kappa shape index (κ2) is 11.0. The van der Waals surface area contributed by atoms with E-state index in [9.17, 15) is 9.90 Å². The predicted octanol–water partition coefficient (Wildman–Crippen LogP) is 4.99. The van der Waals surface area contributed by atoms with Crippen molar-refractivity contribution in [2.45, 2.75) is 72.8 Å². The third-order valence-electron chi connectivity index (χ3n) is 6.54. The van der Waals surface area contributed by atoms with Gasteiger partial charge in [-0.2, -0.15) is 5.90 Å². The summed E-state index contributed by atoms with van der Waals surface area (Å²) in [6.45, 7) is 14.4. The van der Waals surface area contributed by atoms with Crippen LogP contribution in [-0.4, -0.2) is 30.4 Å². The van der Waals surface area contributed by atoms with Crippen LogP contribution in [0.4, 0.5) is 0 Å². The first-order chi connectivity index (χ1) is 15.5. The number of ether oxygens (including phenoxy) is 2. The van der Waals surface area contributed by atoms with Crippen molar-refractivity contribution < 1.29 is 24.2 Å². The van der Waals surface area contributed by atoms with E-state index in [0.29, 0.717) is 5.75 Å². The van der Waals surface area contributed by atoms with E-state index in [1.165, 1.54) is 11.1 Å². The molecule has 6 nitrogen and oxygen atoms in total. The van der Waals surface area contributed by atoms with Gasteiger partial charge in [-0.15, -0.1) is 0 Å². The molecule has 0 saturated carbocycles. The van der Waals surface area contributed by atoms with Crippen LogP contribution in [0.5, 0.6) is 11.5 Å². The summed E-state index contributed by atoms with van der Waals surface area (Å²) in [4.78, 5) is 15.5. The molecule has 33 heavy (non-hydrogen) atoms. The molecule has 0 aliphatic rings. The van der Waals surface area contributed by atoms with E-state index < -0.39 is 12.1 Å². The Morgan fingerprint density at radius 2 is 1.42 bits per heavy atom. The number of carbonyl (C=O) groups is 1. The second-order valence-corrected chi connectivity index (χ2v) is 9.72. The Kier molecular flexibility index (Phi) is 8.92. The Morgan fingerprint density at radius 3 is 1.82 bits per heavy atom. The Morgan fingerprint density at radius 1 is 0.939 bits per heavy atom. The molecule has 182 valence electrons. The number of nitrogens with two attached hydrogens (primary N) is 1. The second-order valence-electron chi connectivity index (χ2n) is 9.72. The molecular weight excluding hydrogens is 418 g/mol. The molecule has 6 heteroatoms. The lowest BCUT2D eigenvalue weighted by Gasteiger charge is -2.34. The summed E-state index contributed by atoms with van der Waals surface area (Å²) < 4.78 is 11.5. The number of hydrogen-bond acceptors (Lipinski definition) is 6. The number of aliphatic hydroxyl groups is 1. The SMILES string of the molecule is CCC(CC)(c1ccc(OCC(=O)ON)c(C)c1)c1ccc(OC[C@@H](O)C(C)(C)C)c(C)c1. The standard InChI is InChI=1S/C27H39NO5/c1-8-27(9-2,21-11-13-23(19(4)15-21)32-17-25(30)33-28)20-10-12-22(18(3)14-20)31-16-24(29)26(5,6)7/h10-15,24,29H,8-9,16-17,28H2,1-7H3/t24-/m1/s1. The monoisotopic (exact) mass is 457 g/mol. The zero-order chi connectivity index (χ0) is 24.8. The summed E-state index contributed by atoms with van der Waals surface area (Å²) in [5.41, 5.74) is 3.98. The molecule has 3 N–H and O–H groups in total. The van der Waals surface area contributed by atoms with E-state index in [1.54, 1.807) is 0 Å². The summed E-state index contributed by atoms with van der Waals surface area (Å²) >= 11 is 0. The van der Waals surface area contributed by atoms with Crippen LogP contribution >= 0.6 is 0 Å². The molecular formula is C27H39NO5. The number of rotatable bonds is 10. The highest BCUT2D eigenvalue weighted by molar-refractivity contribution is 5.70. The van der Waals surface area contributed by atoms with Gasteiger partial charge in [0.1, 0.15) is 18.1 Å². The summed E-state index contributed by atoms with van der Waals surface area (Å²) in [7, 11) is 0. The third kappa shape index (κ3) is 6.27. The fourth-order valence-electron chi connectivity index (χ4n) is 4.04. The Labute approximate surface area is 198 Å². The first-order valence-corrected chi connectivity index (χ1v) is 11.5. The number of carbonyl (C=O) groups excluding carboxylic acids is 1. The van der Waals surface area contributed by atoms with Crippen LogP contribution in [0, 0.1) is 19.3 Å². The Balaban J connectivity index is 2.32. The van der Waals surface area contributed by atoms with Crippen LogP contribution < -0.4 is 15.4 Å². The van der Waals surface area contributed by atoms with Gasteiger partial charge in [-0.3, -0.25) is 0 Å². The molecule has 0 radical (unpaired) electrons. The van der Waals surface area contributed by atoms with E-state index in [2.05, 4.69) is 43.0 Å². The molecule has 0 aliphatic carbocycles. The molecule has 2 aromatic carbocycles. The minimum absolute atomic E-state index is 0.173. The lowest BCUT2D eigenvalue weighted by Crippen LogP contribution is -2.32. The maximum absolute atomic E-state index is 11.3. The van der Waals surface area contributed by atoms with Crippen LogP contribution in [-0.2, 0) is 15.0 Å². The van der Waals surface area contributed by atoms with Crippen molar-refractivity contribution in [2.75, 3.05) is 13.2 Å². The van der Waals surface area contributed by atoms with Gasteiger partial charge in [-0.1, -0.05) is 58.9 Å². The fourth-order valence-corrected chi connectivity index (χ4v) is 4.04.